The molecule has 1 atom stereocenters. The number of ether oxygens (including phenoxy) is 1. The molecule has 0 aromatic rings. The predicted molar refractivity (Wildman–Crippen MR) is 55.5 cm³/mol. The Bertz CT molecular complexity index is 185. The molecule has 4 nitrogen and oxygen atoms in total. The summed E-state index contributed by atoms with van der Waals surface area (Å²) in [5, 5.41) is 2.60. The molecule has 0 aromatic carbocycles. The van der Waals surface area contributed by atoms with Gasteiger partial charge in [0.1, 0.15) is 0 Å². The molecule has 5 heteroatoms. The largest absolute Gasteiger partial charge is 0.392 e. The maximum atomic E-state index is 11.1. The zero-order chi connectivity index (χ0) is 10.3. The van der Waals surface area contributed by atoms with Gasteiger partial charge < -0.3 is 15.8 Å². The predicted octanol–water partition coefficient (Wildman–Crippen LogP) is 0.204. The normalized spacial score (nSPS) is 12.2. The fourth-order valence-electron chi connectivity index (χ4n) is 0.726. The summed E-state index contributed by atoms with van der Waals surface area (Å²) in [4.78, 5) is 11.4. The number of nitrogens with two attached hydrogens (primary N) is 1. The first-order chi connectivity index (χ1) is 6.06. The number of methoxy groups -OCH3 is 1. The Labute approximate surface area is 83.8 Å². The van der Waals surface area contributed by atoms with E-state index in [-0.39, 0.29) is 18.6 Å². The van der Waals surface area contributed by atoms with Gasteiger partial charge in [-0.3, -0.25) is 4.79 Å². The molecule has 0 saturated carbocycles. The van der Waals surface area contributed by atoms with Gasteiger partial charge in [0.2, 0.25) is 5.91 Å². The fourth-order valence-corrected chi connectivity index (χ4v) is 0.798. The smallest absolute Gasteiger partial charge is 0.220 e. The lowest BCUT2D eigenvalue weighted by Crippen LogP contribution is -2.32. The number of carbonyl (C=O) groups excluding carboxylic acids is 1. The summed E-state index contributed by atoms with van der Waals surface area (Å²) < 4.78 is 5.00. The van der Waals surface area contributed by atoms with E-state index in [0.29, 0.717) is 17.8 Å². The van der Waals surface area contributed by atoms with E-state index < -0.39 is 0 Å². The van der Waals surface area contributed by atoms with Crippen molar-refractivity contribution in [3.05, 3.63) is 0 Å². The maximum absolute atomic E-state index is 11.1. The lowest BCUT2D eigenvalue weighted by Gasteiger charge is -2.08. The van der Waals surface area contributed by atoms with Crippen molar-refractivity contribution in [3.8, 4) is 0 Å². The fraction of sp³-hybridized carbons (Fsp3) is 0.750. The highest BCUT2D eigenvalue weighted by atomic mass is 32.1. The van der Waals surface area contributed by atoms with Crippen molar-refractivity contribution in [2.75, 3.05) is 13.7 Å². The number of nitrogens with one attached hydrogen (secondary N) is 1. The van der Waals surface area contributed by atoms with Crippen LogP contribution in [0.3, 0.4) is 0 Å². The Balaban J connectivity index is 3.46. The van der Waals surface area contributed by atoms with Crippen molar-refractivity contribution in [1.29, 1.82) is 0 Å². The van der Waals surface area contributed by atoms with E-state index in [0.717, 1.165) is 0 Å². The van der Waals surface area contributed by atoms with Gasteiger partial charge >= 0.3 is 0 Å². The van der Waals surface area contributed by atoms with Gasteiger partial charge in [0.15, 0.2) is 0 Å². The van der Waals surface area contributed by atoms with Crippen molar-refractivity contribution in [1.82, 2.24) is 5.32 Å². The molecule has 0 aromatic heterocycles. The second kappa shape index (κ2) is 6.80. The molecule has 0 aliphatic carbocycles. The minimum Gasteiger partial charge on any atom is -0.392 e. The molecule has 0 spiro atoms. The van der Waals surface area contributed by atoms with Crippen LogP contribution in [-0.4, -0.2) is 30.7 Å². The standard InChI is InChI=1S/C8H16N2O2S/c1-6(12-2)3-4-8(11)10-5-7(9)13/h6H,3-5H2,1-2H3,(H2,9,13)(H,10,11). The molecule has 0 heterocycles. The number of hydrogen-bond donors (Lipinski definition) is 2. The Morgan fingerprint density at radius 2 is 2.31 bits per heavy atom. The number of hydrogen-bond acceptors (Lipinski definition) is 3. The molecule has 0 bridgehead atoms. The third-order valence-electron chi connectivity index (χ3n) is 1.64. The van der Waals surface area contributed by atoms with Gasteiger partial charge in [-0.2, -0.15) is 0 Å². The molecule has 0 saturated heterocycles. The lowest BCUT2D eigenvalue weighted by atomic mass is 10.2. The highest BCUT2D eigenvalue weighted by Crippen LogP contribution is 1.98. The van der Waals surface area contributed by atoms with E-state index in [1.54, 1.807) is 7.11 Å². The Hall–Kier alpha value is -0.680. The van der Waals surface area contributed by atoms with E-state index in [2.05, 4.69) is 17.5 Å². The second-order valence-electron chi connectivity index (χ2n) is 2.83. The third kappa shape index (κ3) is 7.67. The highest BCUT2D eigenvalue weighted by Gasteiger charge is 2.04. The Morgan fingerprint density at radius 3 is 2.77 bits per heavy atom. The van der Waals surface area contributed by atoms with Crippen LogP contribution in [0.25, 0.3) is 0 Å². The van der Waals surface area contributed by atoms with Crippen molar-refractivity contribution >= 4 is 23.1 Å². The molecule has 0 fully saturated rings. The summed E-state index contributed by atoms with van der Waals surface area (Å²) in [6, 6.07) is 0. The van der Waals surface area contributed by atoms with E-state index >= 15 is 0 Å². The first-order valence-electron chi connectivity index (χ1n) is 4.14. The highest BCUT2D eigenvalue weighted by molar-refractivity contribution is 7.80. The van der Waals surface area contributed by atoms with E-state index in [9.17, 15) is 4.79 Å². The summed E-state index contributed by atoms with van der Waals surface area (Å²) >= 11 is 4.61. The number of carbonyl (C=O) groups is 1. The monoisotopic (exact) mass is 204 g/mol. The minimum atomic E-state index is -0.0447. The molecule has 13 heavy (non-hydrogen) atoms. The van der Waals surface area contributed by atoms with Gasteiger partial charge in [-0.1, -0.05) is 12.2 Å². The van der Waals surface area contributed by atoms with Crippen molar-refractivity contribution in [2.45, 2.75) is 25.9 Å². The molecular weight excluding hydrogens is 188 g/mol. The van der Waals surface area contributed by atoms with Crippen LogP contribution in [0.4, 0.5) is 0 Å². The minimum absolute atomic E-state index is 0.0447. The van der Waals surface area contributed by atoms with Gasteiger partial charge in [-0.05, 0) is 13.3 Å². The molecule has 76 valence electrons. The average molecular weight is 204 g/mol. The van der Waals surface area contributed by atoms with Crippen molar-refractivity contribution < 1.29 is 9.53 Å². The van der Waals surface area contributed by atoms with Gasteiger partial charge in [0.05, 0.1) is 17.6 Å². The Kier molecular flexibility index (Phi) is 6.44. The summed E-state index contributed by atoms with van der Waals surface area (Å²) in [5.41, 5.74) is 5.21. The van der Waals surface area contributed by atoms with Crippen LogP contribution in [0.15, 0.2) is 0 Å². The van der Waals surface area contributed by atoms with Crippen molar-refractivity contribution in [3.63, 3.8) is 0 Å². The quantitative estimate of drug-likeness (QED) is 0.607. The summed E-state index contributed by atoms with van der Waals surface area (Å²) in [6.45, 7) is 2.19. The number of thiocarbonyl (C=S) groups is 1. The molecular formula is C8H16N2O2S. The molecule has 0 aliphatic heterocycles. The zero-order valence-electron chi connectivity index (χ0n) is 8.00. The summed E-state index contributed by atoms with van der Waals surface area (Å²) in [5.74, 6) is -0.0447. The topological polar surface area (TPSA) is 64.3 Å². The van der Waals surface area contributed by atoms with Crippen LogP contribution >= 0.6 is 12.2 Å². The zero-order valence-corrected chi connectivity index (χ0v) is 8.82. The third-order valence-corrected chi connectivity index (χ3v) is 1.78. The molecule has 3 N–H and O–H groups in total. The van der Waals surface area contributed by atoms with E-state index in [1.807, 2.05) is 6.92 Å². The van der Waals surface area contributed by atoms with Gasteiger partial charge in [0, 0.05) is 13.5 Å². The van der Waals surface area contributed by atoms with E-state index in [4.69, 9.17) is 10.5 Å². The van der Waals surface area contributed by atoms with Crippen LogP contribution in [0.5, 0.6) is 0 Å². The second-order valence-corrected chi connectivity index (χ2v) is 3.35. The van der Waals surface area contributed by atoms with E-state index in [1.165, 1.54) is 0 Å². The van der Waals surface area contributed by atoms with Crippen LogP contribution in [0, 0.1) is 0 Å². The van der Waals surface area contributed by atoms with Gasteiger partial charge in [-0.25, -0.2) is 0 Å². The molecule has 1 unspecified atom stereocenters. The summed E-state index contributed by atoms with van der Waals surface area (Å²) in [6.07, 6.45) is 1.26. The first kappa shape index (κ1) is 12.3. The van der Waals surface area contributed by atoms with Crippen LogP contribution in [-0.2, 0) is 9.53 Å². The molecule has 0 rings (SSSR count). The molecule has 1 amide bonds. The maximum Gasteiger partial charge on any atom is 0.220 e. The van der Waals surface area contributed by atoms with Crippen LogP contribution < -0.4 is 11.1 Å². The molecule has 0 radical (unpaired) electrons. The number of rotatable bonds is 6. The first-order valence-corrected chi connectivity index (χ1v) is 4.55. The lowest BCUT2D eigenvalue weighted by molar-refractivity contribution is -0.121. The van der Waals surface area contributed by atoms with Crippen LogP contribution in [0.2, 0.25) is 0 Å². The van der Waals surface area contributed by atoms with Gasteiger partial charge in [0.25, 0.3) is 0 Å². The van der Waals surface area contributed by atoms with Crippen LogP contribution in [0.1, 0.15) is 19.8 Å². The number of amides is 1. The van der Waals surface area contributed by atoms with Crippen molar-refractivity contribution in [2.24, 2.45) is 5.73 Å². The molecule has 0 aliphatic rings. The summed E-state index contributed by atoms with van der Waals surface area (Å²) in [7, 11) is 1.62. The van der Waals surface area contributed by atoms with Gasteiger partial charge in [-0.15, -0.1) is 0 Å². The SMILES string of the molecule is COC(C)CCC(=O)NCC(N)=S. The average Bonchev–Trinajstić information content (AvgIpc) is 2.10. The Morgan fingerprint density at radius 1 is 1.69 bits per heavy atom.